The molecule has 1 aliphatic rings. The molecule has 0 N–H and O–H groups in total. The lowest BCUT2D eigenvalue weighted by Gasteiger charge is -2.28. The van der Waals surface area contributed by atoms with Crippen molar-refractivity contribution in [1.29, 1.82) is 5.26 Å². The van der Waals surface area contributed by atoms with E-state index in [1.165, 1.54) is 0 Å². The molecule has 0 spiro atoms. The van der Waals surface area contributed by atoms with Gasteiger partial charge in [0, 0.05) is 25.1 Å². The quantitative estimate of drug-likeness (QED) is 0.762. The Morgan fingerprint density at radius 1 is 1.32 bits per heavy atom. The molecular formula is C16H18N2O. The summed E-state index contributed by atoms with van der Waals surface area (Å²) in [5.74, 6) is 0.168. The van der Waals surface area contributed by atoms with Gasteiger partial charge in [0.15, 0.2) is 0 Å². The molecule has 3 nitrogen and oxygen atoms in total. The molecule has 0 aliphatic carbocycles. The lowest BCUT2D eigenvalue weighted by molar-refractivity contribution is -0.127. The van der Waals surface area contributed by atoms with Gasteiger partial charge in [0.2, 0.25) is 5.91 Å². The van der Waals surface area contributed by atoms with Crippen LogP contribution in [-0.2, 0) is 4.79 Å². The van der Waals surface area contributed by atoms with Crippen LogP contribution >= 0.6 is 0 Å². The van der Waals surface area contributed by atoms with Crippen molar-refractivity contribution in [3.63, 3.8) is 0 Å². The first kappa shape index (κ1) is 13.4. The minimum atomic E-state index is 0.0535. The van der Waals surface area contributed by atoms with Gasteiger partial charge in [-0.2, -0.15) is 5.26 Å². The van der Waals surface area contributed by atoms with Crippen LogP contribution in [0.15, 0.2) is 36.4 Å². The molecule has 1 amide bonds. The maximum absolute atomic E-state index is 12.1. The summed E-state index contributed by atoms with van der Waals surface area (Å²) >= 11 is 0. The van der Waals surface area contributed by atoms with Gasteiger partial charge in [-0.1, -0.05) is 30.3 Å². The Morgan fingerprint density at radius 3 is 2.53 bits per heavy atom. The Morgan fingerprint density at radius 2 is 1.95 bits per heavy atom. The molecule has 0 unspecified atom stereocenters. The van der Waals surface area contributed by atoms with E-state index in [1.54, 1.807) is 6.08 Å². The summed E-state index contributed by atoms with van der Waals surface area (Å²) < 4.78 is 0. The van der Waals surface area contributed by atoms with Gasteiger partial charge in [0.05, 0.1) is 6.07 Å². The maximum Gasteiger partial charge on any atom is 0.246 e. The van der Waals surface area contributed by atoms with Gasteiger partial charge in [0.25, 0.3) is 0 Å². The fourth-order valence-electron chi connectivity index (χ4n) is 2.29. The minimum absolute atomic E-state index is 0.0535. The second kappa shape index (κ2) is 6.19. The highest BCUT2D eigenvalue weighted by Crippen LogP contribution is 2.18. The smallest absolute Gasteiger partial charge is 0.246 e. The summed E-state index contributed by atoms with van der Waals surface area (Å²) in [6.07, 6.45) is 3.28. The molecule has 0 atom stereocenters. The molecule has 1 saturated heterocycles. The average Bonchev–Trinajstić information content (AvgIpc) is 2.48. The monoisotopic (exact) mass is 254 g/mol. The lowest BCUT2D eigenvalue weighted by Crippen LogP contribution is -2.37. The van der Waals surface area contributed by atoms with E-state index in [0.29, 0.717) is 13.1 Å². The first-order chi connectivity index (χ1) is 9.20. The van der Waals surface area contributed by atoms with Crippen molar-refractivity contribution in [3.05, 3.63) is 42.0 Å². The number of amides is 1. The molecule has 0 aromatic heterocycles. The summed E-state index contributed by atoms with van der Waals surface area (Å²) in [5.41, 5.74) is 2.05. The van der Waals surface area contributed by atoms with E-state index in [2.05, 4.69) is 6.07 Å². The molecule has 1 aliphatic heterocycles. The number of benzene rings is 1. The third kappa shape index (κ3) is 3.45. The van der Waals surface area contributed by atoms with E-state index in [1.807, 2.05) is 42.2 Å². The Labute approximate surface area is 114 Å². The van der Waals surface area contributed by atoms with E-state index >= 15 is 0 Å². The molecule has 0 bridgehead atoms. The highest BCUT2D eigenvalue weighted by Gasteiger charge is 2.21. The SMILES string of the molecule is C/C(=C\C(=O)N1CCC(C#N)CC1)c1ccccc1. The number of rotatable bonds is 2. The summed E-state index contributed by atoms with van der Waals surface area (Å²) in [4.78, 5) is 14.0. The fourth-order valence-corrected chi connectivity index (χ4v) is 2.29. The predicted molar refractivity (Wildman–Crippen MR) is 75.0 cm³/mol. The standard InChI is InChI=1S/C16H18N2O/c1-13(15-5-3-2-4-6-15)11-16(19)18-9-7-14(12-17)8-10-18/h2-6,11,14H,7-10H2,1H3/b13-11+. The van der Waals surface area contributed by atoms with Crippen LogP contribution in [0.25, 0.3) is 5.57 Å². The largest absolute Gasteiger partial charge is 0.339 e. The van der Waals surface area contributed by atoms with Crippen LogP contribution in [0.3, 0.4) is 0 Å². The molecule has 0 radical (unpaired) electrons. The molecule has 3 heteroatoms. The van der Waals surface area contributed by atoms with Crippen LogP contribution in [-0.4, -0.2) is 23.9 Å². The number of hydrogen-bond acceptors (Lipinski definition) is 2. The van der Waals surface area contributed by atoms with Crippen LogP contribution in [0, 0.1) is 17.2 Å². The Kier molecular flexibility index (Phi) is 4.35. The van der Waals surface area contributed by atoms with Crippen molar-refractivity contribution < 1.29 is 4.79 Å². The number of nitriles is 1. The van der Waals surface area contributed by atoms with Crippen molar-refractivity contribution in [2.75, 3.05) is 13.1 Å². The number of carbonyl (C=O) groups is 1. The van der Waals surface area contributed by atoms with E-state index in [4.69, 9.17) is 5.26 Å². The first-order valence-corrected chi connectivity index (χ1v) is 6.63. The summed E-state index contributed by atoms with van der Waals surface area (Å²) in [7, 11) is 0. The van der Waals surface area contributed by atoms with E-state index in [0.717, 1.165) is 24.0 Å². The molecule has 1 fully saturated rings. The maximum atomic E-state index is 12.1. The second-order valence-corrected chi connectivity index (χ2v) is 4.92. The van der Waals surface area contributed by atoms with E-state index < -0.39 is 0 Å². The molecule has 2 rings (SSSR count). The van der Waals surface area contributed by atoms with Crippen LogP contribution in [0.1, 0.15) is 25.3 Å². The predicted octanol–water partition coefficient (Wildman–Crippen LogP) is 2.85. The van der Waals surface area contributed by atoms with Gasteiger partial charge in [-0.15, -0.1) is 0 Å². The molecule has 0 saturated carbocycles. The average molecular weight is 254 g/mol. The lowest BCUT2D eigenvalue weighted by atomic mass is 9.98. The highest BCUT2D eigenvalue weighted by molar-refractivity contribution is 5.94. The zero-order chi connectivity index (χ0) is 13.7. The molecule has 1 heterocycles. The Bertz CT molecular complexity index is 505. The second-order valence-electron chi connectivity index (χ2n) is 4.92. The highest BCUT2D eigenvalue weighted by atomic mass is 16.2. The van der Waals surface area contributed by atoms with Crippen molar-refractivity contribution in [2.45, 2.75) is 19.8 Å². The van der Waals surface area contributed by atoms with Crippen molar-refractivity contribution in [2.24, 2.45) is 5.92 Å². The van der Waals surface area contributed by atoms with Gasteiger partial charge in [-0.3, -0.25) is 4.79 Å². The van der Waals surface area contributed by atoms with Crippen LogP contribution in [0.5, 0.6) is 0 Å². The Balaban J connectivity index is 2.00. The van der Waals surface area contributed by atoms with Crippen LogP contribution in [0.4, 0.5) is 0 Å². The number of carbonyl (C=O) groups excluding carboxylic acids is 1. The summed E-state index contributed by atoms with van der Waals surface area (Å²) in [5, 5.41) is 8.84. The topological polar surface area (TPSA) is 44.1 Å². The first-order valence-electron chi connectivity index (χ1n) is 6.63. The third-order valence-electron chi connectivity index (χ3n) is 3.56. The fraction of sp³-hybridized carbons (Fsp3) is 0.375. The van der Waals surface area contributed by atoms with Gasteiger partial charge in [-0.05, 0) is 30.9 Å². The zero-order valence-electron chi connectivity index (χ0n) is 11.2. The van der Waals surface area contributed by atoms with Crippen LogP contribution in [0.2, 0.25) is 0 Å². The zero-order valence-corrected chi connectivity index (χ0v) is 11.2. The normalized spacial score (nSPS) is 17.1. The molecule has 1 aromatic rings. The molecule has 1 aromatic carbocycles. The number of hydrogen-bond donors (Lipinski definition) is 0. The number of allylic oxidation sites excluding steroid dienone is 1. The Hall–Kier alpha value is -2.08. The number of nitrogens with zero attached hydrogens (tertiary/aromatic N) is 2. The minimum Gasteiger partial charge on any atom is -0.339 e. The van der Waals surface area contributed by atoms with E-state index in [9.17, 15) is 4.79 Å². The number of piperidine rings is 1. The summed E-state index contributed by atoms with van der Waals surface area (Å²) in [6, 6.07) is 12.2. The third-order valence-corrected chi connectivity index (χ3v) is 3.56. The van der Waals surface area contributed by atoms with Crippen molar-refractivity contribution in [1.82, 2.24) is 4.90 Å². The van der Waals surface area contributed by atoms with Gasteiger partial charge < -0.3 is 4.90 Å². The molecule has 19 heavy (non-hydrogen) atoms. The van der Waals surface area contributed by atoms with Crippen molar-refractivity contribution in [3.8, 4) is 6.07 Å². The van der Waals surface area contributed by atoms with Gasteiger partial charge >= 0.3 is 0 Å². The summed E-state index contributed by atoms with van der Waals surface area (Å²) in [6.45, 7) is 3.33. The van der Waals surface area contributed by atoms with Gasteiger partial charge in [0.1, 0.15) is 0 Å². The van der Waals surface area contributed by atoms with E-state index in [-0.39, 0.29) is 11.8 Å². The molecular weight excluding hydrogens is 236 g/mol. The van der Waals surface area contributed by atoms with Crippen molar-refractivity contribution >= 4 is 11.5 Å². The molecule has 98 valence electrons. The number of likely N-dealkylation sites (tertiary alicyclic amines) is 1. The van der Waals surface area contributed by atoms with Gasteiger partial charge in [-0.25, -0.2) is 0 Å². The van der Waals surface area contributed by atoms with Crippen LogP contribution < -0.4 is 0 Å².